The zero-order chi connectivity index (χ0) is 10.6. The highest BCUT2D eigenvalue weighted by molar-refractivity contribution is 6.00. The molecular weight excluding hydrogens is 182 g/mol. The number of rotatable bonds is 3. The number of nitrogens with zero attached hydrogens (tertiary/aromatic N) is 3. The minimum Gasteiger partial charge on any atom is -0.507 e. The van der Waals surface area contributed by atoms with E-state index < -0.39 is 0 Å². The van der Waals surface area contributed by atoms with Crippen LogP contribution in [0.15, 0.2) is 23.3 Å². The Bertz CT molecular complexity index is 409. The first-order chi connectivity index (χ1) is 6.65. The molecule has 0 saturated heterocycles. The number of carbonyl (C=O) groups is 1. The number of ketones is 1. The Morgan fingerprint density at radius 3 is 3.00 bits per heavy atom. The molecule has 0 radical (unpaired) electrons. The van der Waals surface area contributed by atoms with Gasteiger partial charge in [-0.15, -0.1) is 0 Å². The maximum atomic E-state index is 11.4. The quantitative estimate of drug-likeness (QED) is 0.343. The third-order valence-electron chi connectivity index (χ3n) is 1.73. The molecule has 5 nitrogen and oxygen atoms in total. The van der Waals surface area contributed by atoms with Gasteiger partial charge in [0.1, 0.15) is 5.75 Å². The fraction of sp³-hybridized carbons (Fsp3) is 0.222. The predicted molar refractivity (Wildman–Crippen MR) is 51.2 cm³/mol. The van der Waals surface area contributed by atoms with Crippen molar-refractivity contribution in [1.29, 1.82) is 0 Å². The number of carbonyl (C=O) groups excluding carboxylic acids is 1. The smallest absolute Gasteiger partial charge is 0.172 e. The summed E-state index contributed by atoms with van der Waals surface area (Å²) in [5, 5.41) is 12.5. The summed E-state index contributed by atoms with van der Waals surface area (Å²) >= 11 is 0. The summed E-state index contributed by atoms with van der Waals surface area (Å²) < 4.78 is 0. The van der Waals surface area contributed by atoms with E-state index in [1.54, 1.807) is 12.1 Å². The Hall–Kier alpha value is -2.00. The van der Waals surface area contributed by atoms with E-state index in [1.807, 2.05) is 6.92 Å². The lowest BCUT2D eigenvalue weighted by Crippen LogP contribution is -2.03. The van der Waals surface area contributed by atoms with Crippen LogP contribution < -0.4 is 0 Å². The molecule has 0 unspecified atom stereocenters. The van der Waals surface area contributed by atoms with E-state index in [4.69, 9.17) is 5.53 Å². The van der Waals surface area contributed by atoms with Gasteiger partial charge in [0.2, 0.25) is 0 Å². The predicted octanol–water partition coefficient (Wildman–Crippen LogP) is 2.19. The molecule has 0 spiro atoms. The number of hydrogen-bond donors (Lipinski definition) is 1. The molecule has 0 bridgehead atoms. The second kappa shape index (κ2) is 4.30. The largest absolute Gasteiger partial charge is 0.507 e. The van der Waals surface area contributed by atoms with Gasteiger partial charge in [0.05, 0.1) is 12.1 Å². The molecule has 1 aromatic carbocycles. The molecule has 0 fully saturated rings. The molecule has 0 aliphatic heterocycles. The van der Waals surface area contributed by atoms with Gasteiger partial charge >= 0.3 is 0 Å². The van der Waals surface area contributed by atoms with Gasteiger partial charge < -0.3 is 5.11 Å². The highest BCUT2D eigenvalue weighted by atomic mass is 16.3. The van der Waals surface area contributed by atoms with Gasteiger partial charge in [0, 0.05) is 4.91 Å². The van der Waals surface area contributed by atoms with E-state index in [2.05, 4.69) is 10.0 Å². The molecule has 0 aliphatic rings. The van der Waals surface area contributed by atoms with Gasteiger partial charge in [-0.05, 0) is 24.6 Å². The van der Waals surface area contributed by atoms with Gasteiger partial charge in [0.15, 0.2) is 5.78 Å². The van der Waals surface area contributed by atoms with Crippen LogP contribution in [0, 0.1) is 6.92 Å². The first-order valence-electron chi connectivity index (χ1n) is 3.99. The number of benzene rings is 1. The molecule has 1 N–H and O–H groups in total. The standard InChI is InChI=1S/C9H9N3O2/c1-6-2-3-8(13)7(4-6)9(14)5-11-12-10/h2-4,13H,5H2,1H3. The van der Waals surface area contributed by atoms with Crippen molar-refractivity contribution in [3.63, 3.8) is 0 Å². The highest BCUT2D eigenvalue weighted by Gasteiger charge is 2.09. The third-order valence-corrected chi connectivity index (χ3v) is 1.73. The van der Waals surface area contributed by atoms with Crippen LogP contribution in [-0.4, -0.2) is 17.4 Å². The topological polar surface area (TPSA) is 86.1 Å². The minimum absolute atomic E-state index is 0.0891. The molecule has 72 valence electrons. The third kappa shape index (κ3) is 2.24. The van der Waals surface area contributed by atoms with Crippen molar-refractivity contribution in [3.05, 3.63) is 39.8 Å². The van der Waals surface area contributed by atoms with E-state index in [-0.39, 0.29) is 23.6 Å². The number of aryl methyl sites for hydroxylation is 1. The molecule has 0 saturated carbocycles. The van der Waals surface area contributed by atoms with Gasteiger partial charge in [-0.3, -0.25) is 4.79 Å². The van der Waals surface area contributed by atoms with E-state index in [0.29, 0.717) is 0 Å². The van der Waals surface area contributed by atoms with E-state index in [9.17, 15) is 9.90 Å². The summed E-state index contributed by atoms with van der Waals surface area (Å²) in [6.45, 7) is 1.54. The van der Waals surface area contributed by atoms with E-state index >= 15 is 0 Å². The molecule has 1 rings (SSSR count). The Kier molecular flexibility index (Phi) is 3.09. The van der Waals surface area contributed by atoms with E-state index in [1.165, 1.54) is 6.07 Å². The van der Waals surface area contributed by atoms with Crippen molar-refractivity contribution in [3.8, 4) is 5.75 Å². The Morgan fingerprint density at radius 2 is 2.36 bits per heavy atom. The van der Waals surface area contributed by atoms with Crippen molar-refractivity contribution in [2.45, 2.75) is 6.92 Å². The van der Waals surface area contributed by atoms with Crippen molar-refractivity contribution in [2.75, 3.05) is 6.54 Å². The summed E-state index contributed by atoms with van der Waals surface area (Å²) in [7, 11) is 0. The maximum Gasteiger partial charge on any atom is 0.172 e. The number of phenolic OH excluding ortho intramolecular Hbond substituents is 1. The van der Waals surface area contributed by atoms with Gasteiger partial charge in [-0.2, -0.15) is 0 Å². The average Bonchev–Trinajstić information content (AvgIpc) is 2.18. The lowest BCUT2D eigenvalue weighted by Gasteiger charge is -2.02. The summed E-state index contributed by atoms with van der Waals surface area (Å²) in [4.78, 5) is 13.8. The Labute approximate surface area is 80.6 Å². The molecule has 1 aromatic rings. The molecule has 0 aliphatic carbocycles. The van der Waals surface area contributed by atoms with Crippen LogP contribution in [0.5, 0.6) is 5.75 Å². The van der Waals surface area contributed by atoms with E-state index in [0.717, 1.165) is 5.56 Å². The normalized spacial score (nSPS) is 9.21. The summed E-state index contributed by atoms with van der Waals surface area (Å²) in [6, 6.07) is 4.70. The second-order valence-corrected chi connectivity index (χ2v) is 2.83. The second-order valence-electron chi connectivity index (χ2n) is 2.83. The lowest BCUT2D eigenvalue weighted by molar-refractivity contribution is 0.0999. The molecule has 0 aromatic heterocycles. The molecule has 0 atom stereocenters. The SMILES string of the molecule is Cc1ccc(O)c(C(=O)CN=[N+]=[N-])c1. The van der Waals surface area contributed by atoms with Crippen LogP contribution in [0.3, 0.4) is 0 Å². The summed E-state index contributed by atoms with van der Waals surface area (Å²) in [6.07, 6.45) is 0. The molecule has 0 heterocycles. The first-order valence-corrected chi connectivity index (χ1v) is 3.99. The monoisotopic (exact) mass is 191 g/mol. The van der Waals surface area contributed by atoms with Gasteiger partial charge in [0.25, 0.3) is 0 Å². The molecule has 14 heavy (non-hydrogen) atoms. The average molecular weight is 191 g/mol. The summed E-state index contributed by atoms with van der Waals surface area (Å²) in [5.41, 5.74) is 9.09. The number of phenols is 1. The van der Waals surface area contributed by atoms with Crippen LogP contribution in [0.4, 0.5) is 0 Å². The van der Waals surface area contributed by atoms with Crippen LogP contribution in [-0.2, 0) is 0 Å². The number of aromatic hydroxyl groups is 1. The Balaban J connectivity index is 2.99. The molecular formula is C9H9N3O2. The van der Waals surface area contributed by atoms with Crippen LogP contribution in [0.1, 0.15) is 15.9 Å². The highest BCUT2D eigenvalue weighted by Crippen LogP contribution is 2.18. The van der Waals surface area contributed by atoms with Gasteiger partial charge in [-0.1, -0.05) is 16.7 Å². The van der Waals surface area contributed by atoms with Crippen LogP contribution in [0.25, 0.3) is 10.4 Å². The fourth-order valence-electron chi connectivity index (χ4n) is 1.05. The maximum absolute atomic E-state index is 11.4. The van der Waals surface area contributed by atoms with Gasteiger partial charge in [-0.25, -0.2) is 0 Å². The molecule has 5 heteroatoms. The number of hydrogen-bond acceptors (Lipinski definition) is 3. The first kappa shape index (κ1) is 10.1. The molecule has 0 amide bonds. The van der Waals surface area contributed by atoms with Crippen molar-refractivity contribution in [1.82, 2.24) is 0 Å². The Morgan fingerprint density at radius 1 is 1.64 bits per heavy atom. The van der Waals surface area contributed by atoms with Crippen molar-refractivity contribution >= 4 is 5.78 Å². The lowest BCUT2D eigenvalue weighted by atomic mass is 10.1. The summed E-state index contributed by atoms with van der Waals surface area (Å²) in [5.74, 6) is -0.474. The zero-order valence-corrected chi connectivity index (χ0v) is 7.64. The van der Waals surface area contributed by atoms with Crippen LogP contribution in [0.2, 0.25) is 0 Å². The number of Topliss-reactive ketones (excluding diaryl/α,β-unsaturated/α-hetero) is 1. The minimum atomic E-state index is -0.385. The van der Waals surface area contributed by atoms with Crippen molar-refractivity contribution in [2.24, 2.45) is 5.11 Å². The van der Waals surface area contributed by atoms with Crippen molar-refractivity contribution < 1.29 is 9.90 Å². The van der Waals surface area contributed by atoms with Crippen LogP contribution >= 0.6 is 0 Å². The fourth-order valence-corrected chi connectivity index (χ4v) is 1.05. The number of azide groups is 1. The zero-order valence-electron chi connectivity index (χ0n) is 7.64.